The van der Waals surface area contributed by atoms with Crippen LogP contribution in [0, 0.1) is 11.7 Å². The minimum atomic E-state index is -1.18. The van der Waals surface area contributed by atoms with Gasteiger partial charge in [-0.1, -0.05) is 36.4 Å². The molecule has 3 N–H and O–H groups in total. The molecule has 1 aliphatic carbocycles. The van der Waals surface area contributed by atoms with Gasteiger partial charge in [0.15, 0.2) is 0 Å². The van der Waals surface area contributed by atoms with Gasteiger partial charge in [0.25, 0.3) is 0 Å². The third kappa shape index (κ3) is 5.24. The highest BCUT2D eigenvalue weighted by Crippen LogP contribution is 2.47. The molecule has 1 saturated carbocycles. The summed E-state index contributed by atoms with van der Waals surface area (Å²) >= 11 is -1.18. The van der Waals surface area contributed by atoms with Crippen molar-refractivity contribution >= 4 is 17.0 Å². The number of benzene rings is 2. The normalized spacial score (nSPS) is 18.1. The van der Waals surface area contributed by atoms with Gasteiger partial charge in [-0.15, -0.1) is 4.72 Å². The van der Waals surface area contributed by atoms with Gasteiger partial charge in [-0.25, -0.2) is 4.39 Å². The van der Waals surface area contributed by atoms with Crippen LogP contribution in [0.15, 0.2) is 48.5 Å². The maximum atomic E-state index is 13.6. The molecule has 0 bridgehead atoms. The van der Waals surface area contributed by atoms with Crippen molar-refractivity contribution in [2.24, 2.45) is 5.92 Å². The largest absolute Gasteiger partial charge is 0.598 e. The first-order chi connectivity index (χ1) is 12.8. The minimum absolute atomic E-state index is 0.0388. The number of hydrogen-bond acceptors (Lipinski definition) is 3. The Morgan fingerprint density at radius 2 is 1.81 bits per heavy atom. The molecule has 146 valence electrons. The van der Waals surface area contributed by atoms with Crippen LogP contribution in [0.2, 0.25) is 0 Å². The van der Waals surface area contributed by atoms with Gasteiger partial charge in [0, 0.05) is 11.4 Å². The summed E-state index contributed by atoms with van der Waals surface area (Å²) in [5.41, 5.74) is 8.21. The fourth-order valence-corrected chi connectivity index (χ4v) is 4.23. The van der Waals surface area contributed by atoms with E-state index in [0.717, 1.165) is 17.5 Å². The van der Waals surface area contributed by atoms with Gasteiger partial charge in [0.05, 0.1) is 11.7 Å². The van der Waals surface area contributed by atoms with Crippen molar-refractivity contribution in [3.63, 3.8) is 0 Å². The van der Waals surface area contributed by atoms with Crippen molar-refractivity contribution in [1.29, 1.82) is 0 Å². The first-order valence-corrected chi connectivity index (χ1v) is 10.7. The molecule has 0 amide bonds. The van der Waals surface area contributed by atoms with Gasteiger partial charge < -0.3 is 10.3 Å². The number of nitrogens with one attached hydrogen (secondary N) is 1. The Bertz CT molecular complexity index is 759. The second kappa shape index (κ2) is 8.21. The van der Waals surface area contributed by atoms with Crippen molar-refractivity contribution in [1.82, 2.24) is 4.72 Å². The topological polar surface area (TPSA) is 61.1 Å². The molecule has 0 saturated heterocycles. The Morgan fingerprint density at radius 3 is 2.37 bits per heavy atom. The predicted molar refractivity (Wildman–Crippen MR) is 111 cm³/mol. The van der Waals surface area contributed by atoms with Crippen LogP contribution in [0.4, 0.5) is 10.1 Å². The van der Waals surface area contributed by atoms with Crippen molar-refractivity contribution in [2.45, 2.75) is 56.7 Å². The fourth-order valence-electron chi connectivity index (χ4n) is 3.39. The molecule has 0 aromatic heterocycles. The van der Waals surface area contributed by atoms with Crippen LogP contribution in [-0.2, 0) is 11.4 Å². The molecule has 1 fully saturated rings. The standard InChI is InChI=1S/C22H29FN2OS/c1-22(2,3)27(26)25-21(16-7-5-4-6-8-16)14-18(15-9-10-15)17-11-12-19(23)20(24)13-17/h4-8,11-13,15,18,21,25H,9-10,14,24H2,1-3H3/t18-,21-,27-/m0/s1. The molecule has 3 nitrogen and oxygen atoms in total. The number of halogens is 1. The minimum Gasteiger partial charge on any atom is -0.598 e. The summed E-state index contributed by atoms with van der Waals surface area (Å²) in [4.78, 5) is 0. The third-order valence-electron chi connectivity index (χ3n) is 5.14. The van der Waals surface area contributed by atoms with Gasteiger partial charge in [-0.2, -0.15) is 0 Å². The molecule has 3 rings (SSSR count). The summed E-state index contributed by atoms with van der Waals surface area (Å²) in [6.45, 7) is 5.91. The van der Waals surface area contributed by atoms with E-state index in [1.54, 1.807) is 6.07 Å². The Morgan fingerprint density at radius 1 is 1.15 bits per heavy atom. The van der Waals surface area contributed by atoms with Crippen LogP contribution in [-0.4, -0.2) is 9.30 Å². The molecule has 27 heavy (non-hydrogen) atoms. The lowest BCUT2D eigenvalue weighted by Gasteiger charge is -2.30. The van der Waals surface area contributed by atoms with E-state index in [4.69, 9.17) is 5.73 Å². The zero-order valence-electron chi connectivity index (χ0n) is 16.2. The maximum Gasteiger partial charge on any atom is 0.146 e. The summed E-state index contributed by atoms with van der Waals surface area (Å²) < 4.78 is 29.4. The zero-order chi connectivity index (χ0) is 19.6. The Balaban J connectivity index is 1.87. The lowest BCUT2D eigenvalue weighted by Crippen LogP contribution is -2.41. The number of nitrogen functional groups attached to an aromatic ring is 1. The smallest absolute Gasteiger partial charge is 0.146 e. The van der Waals surface area contributed by atoms with Gasteiger partial charge >= 0.3 is 0 Å². The highest BCUT2D eigenvalue weighted by molar-refractivity contribution is 7.90. The molecular weight excluding hydrogens is 359 g/mol. The van der Waals surface area contributed by atoms with Gasteiger partial charge in [-0.3, -0.25) is 0 Å². The quantitative estimate of drug-likeness (QED) is 0.513. The summed E-state index contributed by atoms with van der Waals surface area (Å²) in [6, 6.07) is 15.2. The second-order valence-electron chi connectivity index (χ2n) is 8.42. The average molecular weight is 389 g/mol. The molecular formula is C22H29FN2OS. The molecule has 0 heterocycles. The Kier molecular flexibility index (Phi) is 6.14. The highest BCUT2D eigenvalue weighted by Gasteiger charge is 2.37. The van der Waals surface area contributed by atoms with Crippen LogP contribution in [0.1, 0.15) is 63.1 Å². The molecule has 0 aliphatic heterocycles. The summed E-state index contributed by atoms with van der Waals surface area (Å²) in [5, 5.41) is 0. The van der Waals surface area contributed by atoms with E-state index in [9.17, 15) is 8.94 Å². The molecule has 0 unspecified atom stereocenters. The molecule has 0 spiro atoms. The maximum absolute atomic E-state index is 13.6. The van der Waals surface area contributed by atoms with Crippen molar-refractivity contribution < 1.29 is 8.94 Å². The van der Waals surface area contributed by atoms with Crippen molar-refractivity contribution in [2.75, 3.05) is 5.73 Å². The lowest BCUT2D eigenvalue weighted by atomic mass is 9.86. The number of hydrogen-bond donors (Lipinski definition) is 2. The van der Waals surface area contributed by atoms with E-state index in [1.807, 2.05) is 45.0 Å². The zero-order valence-corrected chi connectivity index (χ0v) is 17.1. The lowest BCUT2D eigenvalue weighted by molar-refractivity contribution is 0.457. The fraction of sp³-hybridized carbons (Fsp3) is 0.455. The molecule has 1 aliphatic rings. The van der Waals surface area contributed by atoms with E-state index in [2.05, 4.69) is 16.9 Å². The monoisotopic (exact) mass is 388 g/mol. The van der Waals surface area contributed by atoms with E-state index in [0.29, 0.717) is 5.92 Å². The van der Waals surface area contributed by atoms with E-state index in [-0.39, 0.29) is 28.2 Å². The van der Waals surface area contributed by atoms with Crippen LogP contribution >= 0.6 is 0 Å². The molecule has 3 atom stereocenters. The van der Waals surface area contributed by atoms with Gasteiger partial charge in [-0.05, 0) is 75.1 Å². The molecule has 2 aromatic carbocycles. The number of nitrogens with two attached hydrogens (primary N) is 1. The van der Waals surface area contributed by atoms with Crippen LogP contribution < -0.4 is 10.5 Å². The van der Waals surface area contributed by atoms with Crippen LogP contribution in [0.25, 0.3) is 0 Å². The Hall–Kier alpha value is -1.56. The van der Waals surface area contributed by atoms with Crippen LogP contribution in [0.3, 0.4) is 0 Å². The second-order valence-corrected chi connectivity index (χ2v) is 10.4. The highest BCUT2D eigenvalue weighted by atomic mass is 32.2. The predicted octanol–water partition coefficient (Wildman–Crippen LogP) is 5.08. The molecule has 0 radical (unpaired) electrons. The average Bonchev–Trinajstić information content (AvgIpc) is 3.46. The van der Waals surface area contributed by atoms with Crippen molar-refractivity contribution in [3.05, 3.63) is 65.5 Å². The van der Waals surface area contributed by atoms with Crippen molar-refractivity contribution in [3.8, 4) is 0 Å². The molecule has 5 heteroatoms. The van der Waals surface area contributed by atoms with Gasteiger partial charge in [0.2, 0.25) is 0 Å². The molecule has 2 aromatic rings. The van der Waals surface area contributed by atoms with Crippen LogP contribution in [0.5, 0.6) is 0 Å². The summed E-state index contributed by atoms with van der Waals surface area (Å²) in [6.07, 6.45) is 3.15. The van der Waals surface area contributed by atoms with E-state index >= 15 is 0 Å². The Labute approximate surface area is 164 Å². The first kappa shape index (κ1) is 20.2. The van der Waals surface area contributed by atoms with Gasteiger partial charge in [0.1, 0.15) is 10.6 Å². The summed E-state index contributed by atoms with van der Waals surface area (Å²) in [7, 11) is 0. The summed E-state index contributed by atoms with van der Waals surface area (Å²) in [5.74, 6) is 0.466. The first-order valence-electron chi connectivity index (χ1n) is 9.53. The number of anilines is 1. The third-order valence-corrected chi connectivity index (χ3v) is 6.75. The van der Waals surface area contributed by atoms with E-state index < -0.39 is 11.4 Å². The van der Waals surface area contributed by atoms with E-state index in [1.165, 1.54) is 18.9 Å². The number of rotatable bonds is 7. The SMILES string of the molecule is CC(C)(C)[S@+]([O-])N[C@@H](C[C@H](c1ccc(F)c(N)c1)C1CC1)c1ccccc1.